The van der Waals surface area contributed by atoms with Crippen LogP contribution in [0, 0.1) is 5.92 Å². The number of likely N-dealkylation sites (tertiary alicyclic amines) is 1. The molecule has 0 radical (unpaired) electrons. The van der Waals surface area contributed by atoms with E-state index in [1.54, 1.807) is 36.4 Å². The van der Waals surface area contributed by atoms with Gasteiger partial charge in [0.05, 0.1) is 15.7 Å². The molecule has 1 amide bonds. The Kier molecular flexibility index (Phi) is 7.16. The molecule has 1 aliphatic heterocycles. The summed E-state index contributed by atoms with van der Waals surface area (Å²) in [6.07, 6.45) is 2.30. The van der Waals surface area contributed by atoms with Crippen molar-refractivity contribution in [1.29, 1.82) is 0 Å². The second-order valence-corrected chi connectivity index (χ2v) is 8.14. The average molecular weight is 437 g/mol. The van der Waals surface area contributed by atoms with Crippen molar-refractivity contribution in [2.24, 2.45) is 5.92 Å². The molecule has 0 aromatic heterocycles. The predicted octanol–water partition coefficient (Wildman–Crippen LogP) is 5.42. The topological polar surface area (TPSA) is 41.6 Å². The first-order valence-electron chi connectivity index (χ1n) is 9.20. The number of hydrogen-bond acceptors (Lipinski definition) is 3. The second kappa shape index (κ2) is 9.59. The zero-order valence-electron chi connectivity index (χ0n) is 15.6. The van der Waals surface area contributed by atoms with E-state index in [1.165, 1.54) is 0 Å². The van der Waals surface area contributed by atoms with Gasteiger partial charge in [0.2, 0.25) is 0 Å². The minimum absolute atomic E-state index is 0.168. The average Bonchev–Trinajstić information content (AvgIpc) is 2.69. The first-order valence-corrected chi connectivity index (χ1v) is 10.4. The second-order valence-electron chi connectivity index (χ2n) is 6.94. The number of amides is 1. The van der Waals surface area contributed by atoms with Gasteiger partial charge in [0.25, 0.3) is 5.91 Å². The molecule has 0 spiro atoms. The highest BCUT2D eigenvalue weighted by Gasteiger charge is 2.19. The van der Waals surface area contributed by atoms with E-state index < -0.39 is 0 Å². The summed E-state index contributed by atoms with van der Waals surface area (Å²) in [5.74, 6) is 0.872. The van der Waals surface area contributed by atoms with Crippen LogP contribution in [0.4, 0.5) is 5.69 Å². The van der Waals surface area contributed by atoms with Gasteiger partial charge in [0.15, 0.2) is 6.61 Å². The molecular weight excluding hydrogens is 415 g/mol. The number of carbonyl (C=O) groups excluding carboxylic acids is 1. The van der Waals surface area contributed by atoms with Crippen molar-refractivity contribution < 1.29 is 9.53 Å². The predicted molar refractivity (Wildman–Crippen MR) is 119 cm³/mol. The summed E-state index contributed by atoms with van der Waals surface area (Å²) in [7, 11) is 0. The Bertz CT molecular complexity index is 867. The molecule has 1 N–H and O–H groups in total. The lowest BCUT2D eigenvalue weighted by Crippen LogP contribution is -2.37. The summed E-state index contributed by atoms with van der Waals surface area (Å²) in [6, 6.07) is 12.5. The van der Waals surface area contributed by atoms with Crippen molar-refractivity contribution in [2.75, 3.05) is 25.0 Å². The molecule has 148 valence electrons. The number of rotatable bonds is 5. The van der Waals surface area contributed by atoms with E-state index >= 15 is 0 Å². The molecule has 1 heterocycles. The van der Waals surface area contributed by atoms with Crippen molar-refractivity contribution >= 4 is 52.0 Å². The molecule has 28 heavy (non-hydrogen) atoms. The number of anilines is 1. The van der Waals surface area contributed by atoms with Crippen molar-refractivity contribution in [2.45, 2.75) is 19.8 Å². The quantitative estimate of drug-likeness (QED) is 0.635. The molecule has 7 heteroatoms. The highest BCUT2D eigenvalue weighted by Crippen LogP contribution is 2.27. The lowest BCUT2D eigenvalue weighted by atomic mass is 9.99. The molecule has 0 aliphatic carbocycles. The number of piperidine rings is 1. The third kappa shape index (κ3) is 5.37. The van der Waals surface area contributed by atoms with E-state index in [-0.39, 0.29) is 12.5 Å². The monoisotopic (exact) mass is 436 g/mol. The number of hydrogen-bond donors (Lipinski definition) is 1. The first-order chi connectivity index (χ1) is 13.4. The maximum Gasteiger partial charge on any atom is 0.262 e. The largest absolute Gasteiger partial charge is 0.482 e. The number of nitrogens with zero attached hydrogens (tertiary/aromatic N) is 1. The Labute approximate surface area is 180 Å². The lowest BCUT2D eigenvalue weighted by Gasteiger charge is -2.32. The number of carbonyl (C=O) groups is 1. The molecule has 4 nitrogen and oxygen atoms in total. The van der Waals surface area contributed by atoms with Gasteiger partial charge in [0, 0.05) is 18.7 Å². The molecule has 3 rings (SSSR count). The number of halogens is 2. The summed E-state index contributed by atoms with van der Waals surface area (Å²) in [6.45, 7) is 4.04. The molecule has 0 saturated carbocycles. The fourth-order valence-electron chi connectivity index (χ4n) is 3.04. The van der Waals surface area contributed by atoms with Gasteiger partial charge in [-0.05, 0) is 49.1 Å². The minimum atomic E-state index is -0.314. The zero-order chi connectivity index (χ0) is 20.1. The summed E-state index contributed by atoms with van der Waals surface area (Å²) >= 11 is 18.0. The van der Waals surface area contributed by atoms with Gasteiger partial charge >= 0.3 is 0 Å². The Morgan fingerprint density at radius 1 is 1.18 bits per heavy atom. The maximum atomic E-state index is 12.1. The van der Waals surface area contributed by atoms with Crippen LogP contribution in [0.15, 0.2) is 42.5 Å². The van der Waals surface area contributed by atoms with Crippen LogP contribution < -0.4 is 10.1 Å². The lowest BCUT2D eigenvalue weighted by molar-refractivity contribution is -0.118. The SMILES string of the molecule is CC1CCN(C(=S)c2ccc(OCC(=O)Nc3ccccc3Cl)c(Cl)c2)CC1. The van der Waals surface area contributed by atoms with Crippen molar-refractivity contribution in [3.8, 4) is 5.75 Å². The standard InChI is InChI=1S/C21H22Cl2N2O2S/c1-14-8-10-25(11-9-14)21(28)15-6-7-19(17(23)12-15)27-13-20(26)24-18-5-3-2-4-16(18)22/h2-7,12,14H,8-11,13H2,1H3,(H,24,26). The molecule has 0 unspecified atom stereocenters. The van der Waals surface area contributed by atoms with E-state index in [0.717, 1.165) is 42.4 Å². The van der Waals surface area contributed by atoms with Crippen molar-refractivity contribution in [1.82, 2.24) is 4.90 Å². The Morgan fingerprint density at radius 2 is 1.89 bits per heavy atom. The van der Waals surface area contributed by atoms with Crippen molar-refractivity contribution in [3.05, 3.63) is 58.1 Å². The van der Waals surface area contributed by atoms with Crippen LogP contribution in [0.25, 0.3) is 0 Å². The number of benzene rings is 2. The molecule has 2 aromatic carbocycles. The van der Waals surface area contributed by atoms with Crippen LogP contribution in [0.1, 0.15) is 25.3 Å². The Hall–Kier alpha value is -1.82. The molecule has 1 aliphatic rings. The van der Waals surface area contributed by atoms with E-state index in [0.29, 0.717) is 21.5 Å². The van der Waals surface area contributed by atoms with Gasteiger partial charge in [0.1, 0.15) is 10.7 Å². The maximum absolute atomic E-state index is 12.1. The van der Waals surface area contributed by atoms with Crippen LogP contribution in [-0.2, 0) is 4.79 Å². The third-order valence-electron chi connectivity index (χ3n) is 4.76. The molecule has 1 saturated heterocycles. The van der Waals surface area contributed by atoms with Gasteiger partial charge in [-0.25, -0.2) is 0 Å². The minimum Gasteiger partial charge on any atom is -0.482 e. The Balaban J connectivity index is 1.57. The fourth-order valence-corrected chi connectivity index (χ4v) is 3.76. The fraction of sp³-hybridized carbons (Fsp3) is 0.333. The number of nitrogens with one attached hydrogen (secondary N) is 1. The smallest absolute Gasteiger partial charge is 0.262 e. The summed E-state index contributed by atoms with van der Waals surface area (Å²) in [4.78, 5) is 15.1. The molecular formula is C21H22Cl2N2O2S. The number of ether oxygens (including phenoxy) is 1. The van der Waals surface area contributed by atoms with E-state index in [2.05, 4.69) is 17.1 Å². The highest BCUT2D eigenvalue weighted by molar-refractivity contribution is 7.80. The normalized spacial score (nSPS) is 14.6. The van der Waals surface area contributed by atoms with Gasteiger partial charge in [-0.3, -0.25) is 4.79 Å². The first kappa shape index (κ1) is 20.9. The molecule has 2 aromatic rings. The van der Waals surface area contributed by atoms with E-state index in [9.17, 15) is 4.79 Å². The summed E-state index contributed by atoms with van der Waals surface area (Å²) < 4.78 is 5.56. The van der Waals surface area contributed by atoms with E-state index in [1.807, 2.05) is 6.07 Å². The van der Waals surface area contributed by atoms with Crippen LogP contribution in [0.3, 0.4) is 0 Å². The summed E-state index contributed by atoms with van der Waals surface area (Å²) in [5, 5.41) is 3.61. The van der Waals surface area contributed by atoms with Crippen molar-refractivity contribution in [3.63, 3.8) is 0 Å². The van der Waals surface area contributed by atoms with Gasteiger partial charge in [-0.1, -0.05) is 54.5 Å². The van der Waals surface area contributed by atoms with Gasteiger partial charge < -0.3 is 15.0 Å². The number of para-hydroxylation sites is 1. The van der Waals surface area contributed by atoms with Gasteiger partial charge in [-0.15, -0.1) is 0 Å². The van der Waals surface area contributed by atoms with Crippen LogP contribution in [0.5, 0.6) is 5.75 Å². The Morgan fingerprint density at radius 3 is 2.57 bits per heavy atom. The molecule has 0 bridgehead atoms. The summed E-state index contributed by atoms with van der Waals surface area (Å²) in [5.41, 5.74) is 1.43. The molecule has 1 fully saturated rings. The van der Waals surface area contributed by atoms with Crippen LogP contribution in [0.2, 0.25) is 10.0 Å². The number of thiocarbonyl (C=S) groups is 1. The van der Waals surface area contributed by atoms with E-state index in [4.69, 9.17) is 40.2 Å². The van der Waals surface area contributed by atoms with Crippen LogP contribution >= 0.6 is 35.4 Å². The molecule has 0 atom stereocenters. The van der Waals surface area contributed by atoms with Gasteiger partial charge in [-0.2, -0.15) is 0 Å². The van der Waals surface area contributed by atoms with Crippen LogP contribution in [-0.4, -0.2) is 35.5 Å². The highest BCUT2D eigenvalue weighted by atomic mass is 35.5. The third-order valence-corrected chi connectivity index (χ3v) is 5.88. The zero-order valence-corrected chi connectivity index (χ0v) is 17.9.